The zero-order valence-corrected chi connectivity index (χ0v) is 12.3. The van der Waals surface area contributed by atoms with Gasteiger partial charge in [0.2, 0.25) is 0 Å². The van der Waals surface area contributed by atoms with Gasteiger partial charge in [0.1, 0.15) is 0 Å². The molecule has 19 heavy (non-hydrogen) atoms. The minimum Gasteiger partial charge on any atom is -0.494 e. The molecule has 0 saturated carbocycles. The Morgan fingerprint density at radius 1 is 1.32 bits per heavy atom. The van der Waals surface area contributed by atoms with Crippen molar-refractivity contribution in [2.24, 2.45) is 0 Å². The fourth-order valence-corrected chi connectivity index (χ4v) is 2.50. The molecule has 0 bridgehead atoms. The normalized spacial score (nSPS) is 11.7. The molecule has 106 valence electrons. The van der Waals surface area contributed by atoms with Crippen molar-refractivity contribution in [3.63, 3.8) is 0 Å². The number of benzene rings is 1. The van der Waals surface area contributed by atoms with Crippen molar-refractivity contribution in [2.45, 2.75) is 32.2 Å². The molecule has 0 atom stereocenters. The SMILES string of the molecule is CCC(CC)(C(=O)c1cccc(OC)c1F)N(C)C. The van der Waals surface area contributed by atoms with Crippen LogP contribution in [0.2, 0.25) is 0 Å². The van der Waals surface area contributed by atoms with Gasteiger partial charge in [0, 0.05) is 0 Å². The van der Waals surface area contributed by atoms with E-state index in [9.17, 15) is 9.18 Å². The maximum atomic E-state index is 14.2. The Bertz CT molecular complexity index is 453. The third-order valence-corrected chi connectivity index (χ3v) is 3.88. The summed E-state index contributed by atoms with van der Waals surface area (Å²) in [6.07, 6.45) is 1.26. The van der Waals surface area contributed by atoms with E-state index >= 15 is 0 Å². The van der Waals surface area contributed by atoms with Crippen LogP contribution in [0.1, 0.15) is 37.0 Å². The topological polar surface area (TPSA) is 29.5 Å². The largest absolute Gasteiger partial charge is 0.494 e. The van der Waals surface area contributed by atoms with Gasteiger partial charge in [-0.05, 0) is 39.1 Å². The van der Waals surface area contributed by atoms with Gasteiger partial charge in [0.05, 0.1) is 18.2 Å². The van der Waals surface area contributed by atoms with Crippen LogP contribution in [0.15, 0.2) is 18.2 Å². The molecule has 0 unspecified atom stereocenters. The monoisotopic (exact) mass is 267 g/mol. The summed E-state index contributed by atoms with van der Waals surface area (Å²) in [6.45, 7) is 3.89. The van der Waals surface area contributed by atoms with Crippen molar-refractivity contribution < 1.29 is 13.9 Å². The van der Waals surface area contributed by atoms with Gasteiger partial charge in [-0.15, -0.1) is 0 Å². The van der Waals surface area contributed by atoms with E-state index in [0.717, 1.165) is 0 Å². The third-order valence-electron chi connectivity index (χ3n) is 3.88. The van der Waals surface area contributed by atoms with Gasteiger partial charge in [-0.3, -0.25) is 9.69 Å². The summed E-state index contributed by atoms with van der Waals surface area (Å²) in [5.74, 6) is -0.673. The molecule has 1 aromatic rings. The number of carbonyl (C=O) groups is 1. The lowest BCUT2D eigenvalue weighted by atomic mass is 9.83. The predicted molar refractivity (Wildman–Crippen MR) is 74.3 cm³/mol. The van der Waals surface area contributed by atoms with Crippen LogP contribution in [0.4, 0.5) is 4.39 Å². The Hall–Kier alpha value is -1.42. The standard InChI is InChI=1S/C15H22FNO2/c1-6-15(7-2,17(3)4)14(18)11-9-8-10-12(19-5)13(11)16/h8-10H,6-7H2,1-5H3. The molecular formula is C15H22FNO2. The number of carbonyl (C=O) groups excluding carboxylic acids is 1. The summed E-state index contributed by atoms with van der Waals surface area (Å²) in [4.78, 5) is 14.6. The highest BCUT2D eigenvalue weighted by Crippen LogP contribution is 2.30. The second kappa shape index (κ2) is 6.15. The van der Waals surface area contributed by atoms with Crippen LogP contribution in [0.3, 0.4) is 0 Å². The van der Waals surface area contributed by atoms with Crippen LogP contribution in [-0.4, -0.2) is 37.4 Å². The summed E-state index contributed by atoms with van der Waals surface area (Å²) < 4.78 is 19.2. The van der Waals surface area contributed by atoms with E-state index < -0.39 is 11.4 Å². The minimum atomic E-state index is -0.673. The summed E-state index contributed by atoms with van der Waals surface area (Å²) >= 11 is 0. The van der Waals surface area contributed by atoms with Crippen molar-refractivity contribution in [1.29, 1.82) is 0 Å². The number of methoxy groups -OCH3 is 1. The highest BCUT2D eigenvalue weighted by atomic mass is 19.1. The third kappa shape index (κ3) is 2.63. The Morgan fingerprint density at radius 2 is 1.89 bits per heavy atom. The number of Topliss-reactive ketones (excluding diaryl/α,β-unsaturated/α-hetero) is 1. The molecule has 4 heteroatoms. The maximum absolute atomic E-state index is 14.2. The van der Waals surface area contributed by atoms with Gasteiger partial charge >= 0.3 is 0 Å². The number of likely N-dealkylation sites (N-methyl/N-ethyl adjacent to an activating group) is 1. The average Bonchev–Trinajstić information content (AvgIpc) is 2.40. The Balaban J connectivity index is 3.33. The van der Waals surface area contributed by atoms with Crippen LogP contribution in [0, 0.1) is 5.82 Å². The summed E-state index contributed by atoms with van der Waals surface area (Å²) in [5, 5.41) is 0. The Kier molecular flexibility index (Phi) is 5.06. The van der Waals surface area contributed by atoms with Gasteiger partial charge in [0.15, 0.2) is 17.3 Å². The Morgan fingerprint density at radius 3 is 2.32 bits per heavy atom. The van der Waals surface area contributed by atoms with E-state index in [2.05, 4.69) is 0 Å². The quantitative estimate of drug-likeness (QED) is 0.742. The average molecular weight is 267 g/mol. The van der Waals surface area contributed by atoms with Crippen LogP contribution in [0.25, 0.3) is 0 Å². The molecule has 3 nitrogen and oxygen atoms in total. The first-order valence-electron chi connectivity index (χ1n) is 6.49. The Labute approximate surface area is 114 Å². The second-order valence-electron chi connectivity index (χ2n) is 4.78. The van der Waals surface area contributed by atoms with Gasteiger partial charge in [-0.1, -0.05) is 19.9 Å². The zero-order valence-electron chi connectivity index (χ0n) is 12.3. The molecule has 0 heterocycles. The van der Waals surface area contributed by atoms with Gasteiger partial charge in [-0.25, -0.2) is 4.39 Å². The number of ether oxygens (including phenoxy) is 1. The van der Waals surface area contributed by atoms with Gasteiger partial charge in [-0.2, -0.15) is 0 Å². The molecule has 0 amide bonds. The molecule has 0 radical (unpaired) electrons. The molecule has 0 aliphatic rings. The fourth-order valence-electron chi connectivity index (χ4n) is 2.50. The second-order valence-corrected chi connectivity index (χ2v) is 4.78. The van der Waals surface area contributed by atoms with Crippen molar-refractivity contribution >= 4 is 5.78 Å². The van der Waals surface area contributed by atoms with Gasteiger partial charge < -0.3 is 4.74 Å². The molecule has 0 aliphatic carbocycles. The molecule has 0 fully saturated rings. The highest BCUT2D eigenvalue weighted by molar-refractivity contribution is 6.03. The number of rotatable bonds is 6. The van der Waals surface area contributed by atoms with Crippen molar-refractivity contribution in [3.8, 4) is 5.75 Å². The predicted octanol–water partition coefficient (Wildman–Crippen LogP) is 3.14. The first-order valence-corrected chi connectivity index (χ1v) is 6.49. The van der Waals surface area contributed by atoms with E-state index in [1.54, 1.807) is 6.07 Å². The van der Waals surface area contributed by atoms with E-state index in [0.29, 0.717) is 12.8 Å². The molecule has 0 spiro atoms. The molecule has 0 saturated heterocycles. The zero-order chi connectivity index (χ0) is 14.6. The van der Waals surface area contributed by atoms with E-state index in [4.69, 9.17) is 4.74 Å². The molecule has 0 N–H and O–H groups in total. The van der Waals surface area contributed by atoms with Crippen LogP contribution in [0.5, 0.6) is 5.75 Å². The lowest BCUT2D eigenvalue weighted by molar-refractivity contribution is 0.0651. The highest BCUT2D eigenvalue weighted by Gasteiger charge is 2.39. The fraction of sp³-hybridized carbons (Fsp3) is 0.533. The minimum absolute atomic E-state index is 0.0942. The van der Waals surface area contributed by atoms with Gasteiger partial charge in [0.25, 0.3) is 0 Å². The summed E-state index contributed by atoms with van der Waals surface area (Å²) in [6, 6.07) is 4.67. The van der Waals surface area contributed by atoms with Crippen molar-refractivity contribution in [1.82, 2.24) is 4.90 Å². The van der Waals surface area contributed by atoms with Crippen molar-refractivity contribution in [3.05, 3.63) is 29.6 Å². The van der Waals surface area contributed by atoms with E-state index in [-0.39, 0.29) is 17.1 Å². The van der Waals surface area contributed by atoms with Crippen LogP contribution < -0.4 is 4.74 Å². The molecule has 0 aromatic heterocycles. The maximum Gasteiger partial charge on any atom is 0.186 e. The number of hydrogen-bond acceptors (Lipinski definition) is 3. The van der Waals surface area contributed by atoms with E-state index in [1.165, 1.54) is 19.2 Å². The molecule has 1 aromatic carbocycles. The van der Waals surface area contributed by atoms with Crippen LogP contribution in [-0.2, 0) is 0 Å². The summed E-state index contributed by atoms with van der Waals surface area (Å²) in [7, 11) is 5.09. The number of halogens is 1. The molecule has 0 aliphatic heterocycles. The van der Waals surface area contributed by atoms with E-state index in [1.807, 2.05) is 32.8 Å². The molecule has 1 rings (SSSR count). The first kappa shape index (κ1) is 15.6. The number of hydrogen-bond donors (Lipinski definition) is 0. The van der Waals surface area contributed by atoms with Crippen molar-refractivity contribution in [2.75, 3.05) is 21.2 Å². The lowest BCUT2D eigenvalue weighted by Gasteiger charge is -2.37. The first-order chi connectivity index (χ1) is 8.94. The number of nitrogens with zero attached hydrogens (tertiary/aromatic N) is 1. The summed E-state index contributed by atoms with van der Waals surface area (Å²) in [5.41, 5.74) is -0.579. The smallest absolute Gasteiger partial charge is 0.186 e. The van der Waals surface area contributed by atoms with Crippen LogP contribution >= 0.6 is 0 Å². The lowest BCUT2D eigenvalue weighted by Crippen LogP contribution is -2.50. The number of ketones is 1. The molecular weight excluding hydrogens is 245 g/mol.